The summed E-state index contributed by atoms with van der Waals surface area (Å²) in [5, 5.41) is 4.15. The first kappa shape index (κ1) is 22.4. The van der Waals surface area contributed by atoms with Crippen molar-refractivity contribution in [3.63, 3.8) is 0 Å². The average molecular weight is 449 g/mol. The predicted octanol–water partition coefficient (Wildman–Crippen LogP) is 2.59. The van der Waals surface area contributed by atoms with Gasteiger partial charge in [-0.1, -0.05) is 12.1 Å². The van der Waals surface area contributed by atoms with E-state index in [-0.39, 0.29) is 18.4 Å². The van der Waals surface area contributed by atoms with Gasteiger partial charge in [-0.3, -0.25) is 19.2 Å². The zero-order valence-electron chi connectivity index (χ0n) is 19.6. The Kier molecular flexibility index (Phi) is 6.13. The highest BCUT2D eigenvalue weighted by molar-refractivity contribution is 5.96. The molecular weight excluding hydrogens is 420 g/mol. The number of fused-ring (bicyclic) bond motifs is 1. The van der Waals surface area contributed by atoms with E-state index in [0.717, 1.165) is 28.3 Å². The first-order chi connectivity index (χ1) is 15.8. The molecule has 9 nitrogen and oxygen atoms in total. The molecule has 33 heavy (non-hydrogen) atoms. The van der Waals surface area contributed by atoms with Crippen LogP contribution >= 0.6 is 0 Å². The van der Waals surface area contributed by atoms with Crippen LogP contribution in [0.2, 0.25) is 0 Å². The molecule has 172 valence electrons. The Hall–Kier alpha value is -3.75. The highest BCUT2D eigenvalue weighted by Crippen LogP contribution is 2.30. The molecule has 0 aliphatic carbocycles. The number of ether oxygens (including phenoxy) is 1. The van der Waals surface area contributed by atoms with Crippen LogP contribution in [0.25, 0.3) is 0 Å². The van der Waals surface area contributed by atoms with E-state index in [1.807, 2.05) is 38.1 Å². The highest BCUT2D eigenvalue weighted by Gasteiger charge is 2.29. The summed E-state index contributed by atoms with van der Waals surface area (Å²) in [5.74, 6) is 1.72. The topological polar surface area (TPSA) is 93.5 Å². The predicted molar refractivity (Wildman–Crippen MR) is 123 cm³/mol. The number of anilines is 1. The molecule has 1 aromatic carbocycles. The first-order valence-electron chi connectivity index (χ1n) is 10.8. The summed E-state index contributed by atoms with van der Waals surface area (Å²) in [5.41, 5.74) is 4.09. The number of hydrogen-bond donors (Lipinski definition) is 0. The molecular formula is C24H28N6O3. The molecule has 2 aromatic heterocycles. The van der Waals surface area contributed by atoms with Crippen LogP contribution in [0.4, 0.5) is 5.82 Å². The molecule has 0 bridgehead atoms. The third-order valence-corrected chi connectivity index (χ3v) is 6.05. The maximum atomic E-state index is 12.9. The number of carbonyl (C=O) groups excluding carboxylic acids is 2. The van der Waals surface area contributed by atoms with Gasteiger partial charge in [-0.05, 0) is 38.0 Å². The van der Waals surface area contributed by atoms with Crippen molar-refractivity contribution < 1.29 is 14.3 Å². The lowest BCUT2D eigenvalue weighted by molar-refractivity contribution is -0.119. The number of rotatable bonds is 6. The van der Waals surface area contributed by atoms with Crippen molar-refractivity contribution in [2.45, 2.75) is 39.8 Å². The fraction of sp³-hybridized carbons (Fsp3) is 0.375. The monoisotopic (exact) mass is 448 g/mol. The number of nitrogens with zero attached hydrogens (tertiary/aromatic N) is 6. The largest absolute Gasteiger partial charge is 0.497 e. The van der Waals surface area contributed by atoms with Crippen LogP contribution in [0.15, 0.2) is 30.5 Å². The van der Waals surface area contributed by atoms with Crippen LogP contribution in [0, 0.1) is 13.8 Å². The SMILES string of the molecule is COc1cccc(CN2C(=O)CCc3c(C)nc(CN(C)C(=O)c4cnn(C)c4C)nc32)c1. The zero-order valence-corrected chi connectivity index (χ0v) is 19.6. The fourth-order valence-electron chi connectivity index (χ4n) is 4.02. The molecule has 0 N–H and O–H groups in total. The Morgan fingerprint density at radius 2 is 2.00 bits per heavy atom. The quantitative estimate of drug-likeness (QED) is 0.575. The maximum absolute atomic E-state index is 12.9. The summed E-state index contributed by atoms with van der Waals surface area (Å²) in [6.07, 6.45) is 2.60. The van der Waals surface area contributed by atoms with E-state index in [0.29, 0.717) is 36.6 Å². The minimum absolute atomic E-state index is 0.0183. The molecule has 1 aliphatic heterocycles. The second-order valence-electron chi connectivity index (χ2n) is 8.29. The molecule has 0 saturated carbocycles. The highest BCUT2D eigenvalue weighted by atomic mass is 16.5. The van der Waals surface area contributed by atoms with E-state index >= 15 is 0 Å². The Morgan fingerprint density at radius 1 is 1.21 bits per heavy atom. The first-order valence-corrected chi connectivity index (χ1v) is 10.8. The summed E-state index contributed by atoms with van der Waals surface area (Å²) in [7, 11) is 5.14. The van der Waals surface area contributed by atoms with Gasteiger partial charge in [-0.25, -0.2) is 9.97 Å². The van der Waals surface area contributed by atoms with Crippen LogP contribution in [-0.2, 0) is 31.4 Å². The standard InChI is InChI=1S/C24H28N6O3/c1-15-19-9-10-22(31)30(13-17-7-6-8-18(11-17)33-5)23(19)27-21(26-15)14-28(3)24(32)20-12-25-29(4)16(20)2/h6-8,11-12H,9-10,13-14H2,1-5H3. The zero-order chi connectivity index (χ0) is 23.7. The molecule has 3 heterocycles. The number of aryl methyl sites for hydroxylation is 2. The van der Waals surface area contributed by atoms with E-state index < -0.39 is 0 Å². The Labute approximate surface area is 193 Å². The van der Waals surface area contributed by atoms with Crippen molar-refractivity contribution >= 4 is 17.6 Å². The molecule has 0 saturated heterocycles. The van der Waals surface area contributed by atoms with Crippen molar-refractivity contribution in [1.82, 2.24) is 24.6 Å². The van der Waals surface area contributed by atoms with Crippen molar-refractivity contribution in [2.24, 2.45) is 7.05 Å². The summed E-state index contributed by atoms with van der Waals surface area (Å²) in [6, 6.07) is 7.65. The molecule has 4 rings (SSSR count). The lowest BCUT2D eigenvalue weighted by Crippen LogP contribution is -2.37. The van der Waals surface area contributed by atoms with E-state index in [2.05, 4.69) is 10.1 Å². The Balaban J connectivity index is 1.62. The number of benzene rings is 1. The lowest BCUT2D eigenvalue weighted by atomic mass is 10.0. The van der Waals surface area contributed by atoms with Crippen molar-refractivity contribution in [2.75, 3.05) is 19.1 Å². The lowest BCUT2D eigenvalue weighted by Gasteiger charge is -2.30. The number of hydrogen-bond acceptors (Lipinski definition) is 6. The third kappa shape index (κ3) is 4.44. The van der Waals surface area contributed by atoms with Gasteiger partial charge in [-0.2, -0.15) is 5.10 Å². The van der Waals surface area contributed by atoms with Crippen LogP contribution in [0.3, 0.4) is 0 Å². The van der Waals surface area contributed by atoms with E-state index in [1.165, 1.54) is 0 Å². The van der Waals surface area contributed by atoms with E-state index in [4.69, 9.17) is 9.72 Å². The molecule has 0 radical (unpaired) electrons. The summed E-state index contributed by atoms with van der Waals surface area (Å²) >= 11 is 0. The van der Waals surface area contributed by atoms with Crippen LogP contribution in [0.5, 0.6) is 5.75 Å². The normalized spacial score (nSPS) is 13.1. The average Bonchev–Trinajstić information content (AvgIpc) is 3.13. The minimum atomic E-state index is -0.149. The summed E-state index contributed by atoms with van der Waals surface area (Å²) < 4.78 is 6.99. The van der Waals surface area contributed by atoms with Crippen molar-refractivity contribution in [3.05, 3.63) is 64.4 Å². The molecule has 0 unspecified atom stereocenters. The van der Waals surface area contributed by atoms with Gasteiger partial charge in [-0.15, -0.1) is 0 Å². The van der Waals surface area contributed by atoms with Crippen LogP contribution < -0.4 is 9.64 Å². The van der Waals surface area contributed by atoms with Crippen molar-refractivity contribution in [3.8, 4) is 5.75 Å². The molecule has 3 aromatic rings. The Morgan fingerprint density at radius 3 is 2.70 bits per heavy atom. The van der Waals surface area contributed by atoms with Gasteiger partial charge in [0.05, 0.1) is 32.0 Å². The number of aromatic nitrogens is 4. The van der Waals surface area contributed by atoms with Gasteiger partial charge in [0.15, 0.2) is 0 Å². The second kappa shape index (κ2) is 9.01. The van der Waals surface area contributed by atoms with Gasteiger partial charge in [0, 0.05) is 37.5 Å². The van der Waals surface area contributed by atoms with Gasteiger partial charge >= 0.3 is 0 Å². The number of methoxy groups -OCH3 is 1. The second-order valence-corrected chi connectivity index (χ2v) is 8.29. The van der Waals surface area contributed by atoms with E-state index in [9.17, 15) is 9.59 Å². The molecule has 0 fully saturated rings. The van der Waals surface area contributed by atoms with Gasteiger partial charge < -0.3 is 9.64 Å². The molecule has 0 spiro atoms. The Bertz CT molecular complexity index is 1220. The van der Waals surface area contributed by atoms with Crippen LogP contribution in [0.1, 0.15) is 45.1 Å². The summed E-state index contributed by atoms with van der Waals surface area (Å²) in [4.78, 5) is 38.4. The number of amides is 2. The third-order valence-electron chi connectivity index (χ3n) is 6.05. The number of carbonyl (C=O) groups is 2. The van der Waals surface area contributed by atoms with Gasteiger partial charge in [0.25, 0.3) is 5.91 Å². The van der Waals surface area contributed by atoms with E-state index in [1.54, 1.807) is 41.9 Å². The van der Waals surface area contributed by atoms with Crippen molar-refractivity contribution in [1.29, 1.82) is 0 Å². The van der Waals surface area contributed by atoms with Crippen LogP contribution in [-0.4, -0.2) is 50.6 Å². The smallest absolute Gasteiger partial charge is 0.257 e. The van der Waals surface area contributed by atoms with Gasteiger partial charge in [0.2, 0.25) is 5.91 Å². The molecule has 1 aliphatic rings. The molecule has 9 heteroatoms. The minimum Gasteiger partial charge on any atom is -0.497 e. The summed E-state index contributed by atoms with van der Waals surface area (Å²) in [6.45, 7) is 4.40. The molecule has 0 atom stereocenters. The molecule has 2 amide bonds. The van der Waals surface area contributed by atoms with Gasteiger partial charge in [0.1, 0.15) is 17.4 Å². The fourth-order valence-corrected chi connectivity index (χ4v) is 4.02. The maximum Gasteiger partial charge on any atom is 0.257 e.